The van der Waals surface area contributed by atoms with E-state index in [2.05, 4.69) is 17.6 Å². The number of halogens is 1. The van der Waals surface area contributed by atoms with Crippen molar-refractivity contribution in [1.82, 2.24) is 10.6 Å². The minimum Gasteiger partial charge on any atom is -0.384 e. The summed E-state index contributed by atoms with van der Waals surface area (Å²) in [5.41, 5.74) is 2.06. The summed E-state index contributed by atoms with van der Waals surface area (Å²) >= 11 is 1.89. The normalized spacial score (nSPS) is 16.2. The number of benzene rings is 1. The third kappa shape index (κ3) is 6.28. The van der Waals surface area contributed by atoms with E-state index >= 15 is 0 Å². The van der Waals surface area contributed by atoms with Crippen molar-refractivity contribution in [2.24, 2.45) is 5.41 Å². The Morgan fingerprint density at radius 1 is 1.29 bits per heavy atom. The van der Waals surface area contributed by atoms with Crippen LogP contribution in [0, 0.1) is 5.41 Å². The van der Waals surface area contributed by atoms with Crippen molar-refractivity contribution in [3.63, 3.8) is 0 Å². The van der Waals surface area contributed by atoms with E-state index in [1.165, 1.54) is 5.56 Å². The third-order valence-electron chi connectivity index (χ3n) is 4.43. The van der Waals surface area contributed by atoms with Gasteiger partial charge in [-0.15, -0.1) is 12.4 Å². The van der Waals surface area contributed by atoms with E-state index in [1.807, 2.05) is 36.0 Å². The van der Waals surface area contributed by atoms with Crippen LogP contribution in [0.3, 0.4) is 0 Å². The minimum absolute atomic E-state index is 0. The molecule has 0 unspecified atom stereocenters. The van der Waals surface area contributed by atoms with Gasteiger partial charge in [0.05, 0.1) is 6.61 Å². The fourth-order valence-electron chi connectivity index (χ4n) is 2.98. The molecule has 0 bridgehead atoms. The van der Waals surface area contributed by atoms with E-state index in [-0.39, 0.29) is 23.7 Å². The minimum atomic E-state index is 0. The fraction of sp³-hybridized carbons (Fsp3) is 0.611. The molecule has 1 aliphatic heterocycles. The summed E-state index contributed by atoms with van der Waals surface area (Å²) in [5.74, 6) is 2.12. The van der Waals surface area contributed by atoms with Crippen LogP contribution in [0.4, 0.5) is 0 Å². The van der Waals surface area contributed by atoms with Gasteiger partial charge in [-0.1, -0.05) is 19.1 Å². The molecule has 0 aromatic heterocycles. The third-order valence-corrected chi connectivity index (χ3v) is 5.37. The molecule has 0 aliphatic carbocycles. The maximum absolute atomic E-state index is 12.4. The van der Waals surface area contributed by atoms with Gasteiger partial charge in [-0.05, 0) is 49.4 Å². The van der Waals surface area contributed by atoms with Crippen LogP contribution in [0.2, 0.25) is 0 Å². The van der Waals surface area contributed by atoms with Crippen molar-refractivity contribution in [2.45, 2.75) is 25.5 Å². The van der Waals surface area contributed by atoms with Crippen molar-refractivity contribution >= 4 is 30.1 Å². The highest BCUT2D eigenvalue weighted by Crippen LogP contribution is 2.28. The zero-order valence-corrected chi connectivity index (χ0v) is 16.2. The second kappa shape index (κ2) is 11.0. The number of carbonyl (C=O) groups excluding carboxylic acids is 1. The maximum atomic E-state index is 12.4. The Kier molecular flexibility index (Phi) is 9.74. The summed E-state index contributed by atoms with van der Waals surface area (Å²) in [7, 11) is 1.73. The predicted molar refractivity (Wildman–Crippen MR) is 104 cm³/mol. The molecule has 0 spiro atoms. The molecule has 1 fully saturated rings. The first-order valence-corrected chi connectivity index (χ1v) is 9.49. The monoisotopic (exact) mass is 372 g/mol. The van der Waals surface area contributed by atoms with Crippen molar-refractivity contribution in [1.29, 1.82) is 0 Å². The van der Waals surface area contributed by atoms with Gasteiger partial charge in [0.1, 0.15) is 0 Å². The van der Waals surface area contributed by atoms with Crippen LogP contribution in [0.15, 0.2) is 24.3 Å². The second-order valence-corrected chi connectivity index (χ2v) is 7.47. The van der Waals surface area contributed by atoms with Gasteiger partial charge in [0.15, 0.2) is 0 Å². The van der Waals surface area contributed by atoms with Crippen LogP contribution >= 0.6 is 24.2 Å². The summed E-state index contributed by atoms with van der Waals surface area (Å²) in [6.45, 7) is 5.51. The first-order valence-electron chi connectivity index (χ1n) is 8.34. The Balaban J connectivity index is 0.00000288. The molecule has 6 heteroatoms. The lowest BCUT2D eigenvalue weighted by Crippen LogP contribution is -2.47. The number of nitrogens with one attached hydrogen (secondary N) is 2. The Morgan fingerprint density at radius 2 is 1.96 bits per heavy atom. The van der Waals surface area contributed by atoms with Gasteiger partial charge in [-0.3, -0.25) is 4.79 Å². The molecular weight excluding hydrogens is 344 g/mol. The molecule has 4 nitrogen and oxygen atoms in total. The highest BCUT2D eigenvalue weighted by molar-refractivity contribution is 7.98. The standard InChI is InChI=1S/C18H28N2O2S.ClH/c1-3-23-12-15-4-6-16(7-5-15)17(21)20-13-18(14-22-2)8-10-19-11-9-18;/h4-7,19H,3,8-14H2,1-2H3,(H,20,21);1H. The van der Waals surface area contributed by atoms with Crippen molar-refractivity contribution in [3.8, 4) is 0 Å². The summed E-state index contributed by atoms with van der Waals surface area (Å²) in [5, 5.41) is 6.47. The van der Waals surface area contributed by atoms with Crippen LogP contribution in [-0.2, 0) is 10.5 Å². The zero-order valence-electron chi connectivity index (χ0n) is 14.6. The lowest BCUT2D eigenvalue weighted by atomic mass is 9.79. The SMILES string of the molecule is CCSCc1ccc(C(=O)NCC2(COC)CCNCC2)cc1.Cl. The van der Waals surface area contributed by atoms with Crippen LogP contribution in [0.1, 0.15) is 35.7 Å². The Morgan fingerprint density at radius 3 is 2.54 bits per heavy atom. The number of hydrogen-bond acceptors (Lipinski definition) is 4. The van der Waals surface area contributed by atoms with Gasteiger partial charge in [-0.25, -0.2) is 0 Å². The van der Waals surface area contributed by atoms with E-state index in [0.717, 1.165) is 43.0 Å². The summed E-state index contributed by atoms with van der Waals surface area (Å²) in [6.07, 6.45) is 2.07. The number of carbonyl (C=O) groups is 1. The van der Waals surface area contributed by atoms with Gasteiger partial charge in [0, 0.05) is 30.4 Å². The van der Waals surface area contributed by atoms with E-state index < -0.39 is 0 Å². The number of thioether (sulfide) groups is 1. The molecule has 0 saturated carbocycles. The number of amides is 1. The molecule has 1 saturated heterocycles. The number of methoxy groups -OCH3 is 1. The molecule has 0 radical (unpaired) electrons. The molecule has 24 heavy (non-hydrogen) atoms. The van der Waals surface area contributed by atoms with Gasteiger partial charge in [0.25, 0.3) is 5.91 Å². The van der Waals surface area contributed by atoms with Crippen molar-refractivity contribution in [2.75, 3.05) is 39.1 Å². The van der Waals surface area contributed by atoms with E-state index in [4.69, 9.17) is 4.74 Å². The summed E-state index contributed by atoms with van der Waals surface area (Å²) in [4.78, 5) is 12.4. The molecule has 2 rings (SSSR count). The summed E-state index contributed by atoms with van der Waals surface area (Å²) < 4.78 is 5.39. The fourth-order valence-corrected chi connectivity index (χ4v) is 3.61. The van der Waals surface area contributed by atoms with Gasteiger partial charge < -0.3 is 15.4 Å². The topological polar surface area (TPSA) is 50.4 Å². The molecular formula is C18H29ClN2O2S. The molecule has 136 valence electrons. The average Bonchev–Trinajstić information content (AvgIpc) is 2.59. The van der Waals surface area contributed by atoms with Crippen LogP contribution in [-0.4, -0.2) is 45.0 Å². The Bertz CT molecular complexity index is 485. The van der Waals surface area contributed by atoms with E-state index in [9.17, 15) is 4.79 Å². The van der Waals surface area contributed by atoms with Crippen LogP contribution in [0.5, 0.6) is 0 Å². The first kappa shape index (κ1) is 21.3. The lowest BCUT2D eigenvalue weighted by Gasteiger charge is -2.37. The molecule has 2 N–H and O–H groups in total. The number of ether oxygens (including phenoxy) is 1. The highest BCUT2D eigenvalue weighted by atomic mass is 35.5. The van der Waals surface area contributed by atoms with Gasteiger partial charge in [0.2, 0.25) is 0 Å². The second-order valence-electron chi connectivity index (χ2n) is 6.20. The highest BCUT2D eigenvalue weighted by Gasteiger charge is 2.32. The Labute approximate surface area is 155 Å². The number of rotatable bonds is 8. The van der Waals surface area contributed by atoms with Gasteiger partial charge in [-0.2, -0.15) is 11.8 Å². The van der Waals surface area contributed by atoms with Gasteiger partial charge >= 0.3 is 0 Å². The maximum Gasteiger partial charge on any atom is 0.251 e. The molecule has 1 aromatic carbocycles. The quantitative estimate of drug-likeness (QED) is 0.736. The number of piperidine rings is 1. The molecule has 0 atom stereocenters. The van der Waals surface area contributed by atoms with Crippen molar-refractivity contribution < 1.29 is 9.53 Å². The zero-order chi connectivity index (χ0) is 16.5. The largest absolute Gasteiger partial charge is 0.384 e. The average molecular weight is 373 g/mol. The summed E-state index contributed by atoms with van der Waals surface area (Å²) in [6, 6.07) is 7.94. The van der Waals surface area contributed by atoms with Crippen molar-refractivity contribution in [3.05, 3.63) is 35.4 Å². The lowest BCUT2D eigenvalue weighted by molar-refractivity contribution is 0.0512. The smallest absolute Gasteiger partial charge is 0.251 e. The first-order chi connectivity index (χ1) is 11.2. The molecule has 1 amide bonds. The predicted octanol–water partition coefficient (Wildman–Crippen LogP) is 3.11. The van der Waals surface area contributed by atoms with E-state index in [1.54, 1.807) is 7.11 Å². The molecule has 1 aromatic rings. The number of hydrogen-bond donors (Lipinski definition) is 2. The van der Waals surface area contributed by atoms with E-state index in [0.29, 0.717) is 13.2 Å². The molecule has 1 aliphatic rings. The van der Waals surface area contributed by atoms with Crippen LogP contribution < -0.4 is 10.6 Å². The Hall–Kier alpha value is -0.750. The molecule has 1 heterocycles. The van der Waals surface area contributed by atoms with Crippen LogP contribution in [0.25, 0.3) is 0 Å².